The van der Waals surface area contributed by atoms with Gasteiger partial charge in [-0.25, -0.2) is 0 Å². The zero-order chi connectivity index (χ0) is 13.7. The molecule has 1 aliphatic heterocycles. The molecule has 1 aliphatic rings. The minimum atomic E-state index is -0.641. The molecule has 0 saturated carbocycles. The third-order valence-electron chi connectivity index (χ3n) is 3.62. The molecule has 1 aromatic carbocycles. The molecular weight excluding hydrogens is 238 g/mol. The van der Waals surface area contributed by atoms with Crippen molar-refractivity contribution >= 4 is 6.29 Å². The van der Waals surface area contributed by atoms with Gasteiger partial charge in [0.2, 0.25) is 0 Å². The number of piperazine rings is 1. The van der Waals surface area contributed by atoms with E-state index in [2.05, 4.69) is 16.8 Å². The molecule has 1 heterocycles. The summed E-state index contributed by atoms with van der Waals surface area (Å²) in [5.41, 5.74) is 2.01. The van der Waals surface area contributed by atoms with Crippen molar-refractivity contribution in [3.05, 3.63) is 35.4 Å². The summed E-state index contributed by atoms with van der Waals surface area (Å²) >= 11 is 0. The summed E-state index contributed by atoms with van der Waals surface area (Å²) in [6, 6.07) is 9.79. The summed E-state index contributed by atoms with van der Waals surface area (Å²) in [6.45, 7) is 5.34. The molecule has 0 radical (unpaired) electrons. The highest BCUT2D eigenvalue weighted by molar-refractivity contribution is 5.66. The topological polar surface area (TPSA) is 47.3 Å². The number of carbonyl (C=O) groups excluding carboxylic acids is 1. The fourth-order valence-electron chi connectivity index (χ4n) is 2.28. The second kappa shape index (κ2) is 6.46. The number of carbonyl (C=O) groups is 1. The van der Waals surface area contributed by atoms with E-state index in [9.17, 15) is 4.79 Å². The number of hydrogen-bond acceptors (Lipinski definition) is 4. The van der Waals surface area contributed by atoms with E-state index >= 15 is 0 Å². The Labute approximate surface area is 114 Å². The van der Waals surface area contributed by atoms with Crippen LogP contribution in [0.1, 0.15) is 17.0 Å². The summed E-state index contributed by atoms with van der Waals surface area (Å²) in [5.74, 6) is -0.641. The third-order valence-corrected chi connectivity index (χ3v) is 3.62. The molecule has 0 amide bonds. The Morgan fingerprint density at radius 2 is 1.89 bits per heavy atom. The maximum Gasteiger partial charge on any atom is 0.141 e. The summed E-state index contributed by atoms with van der Waals surface area (Å²) in [4.78, 5) is 15.5. The van der Waals surface area contributed by atoms with Crippen LogP contribution in [0.4, 0.5) is 0 Å². The van der Waals surface area contributed by atoms with E-state index in [0.29, 0.717) is 6.29 Å². The van der Waals surface area contributed by atoms with Gasteiger partial charge in [-0.3, -0.25) is 4.90 Å². The Morgan fingerprint density at radius 1 is 1.26 bits per heavy atom. The van der Waals surface area contributed by atoms with E-state index < -0.39 is 5.92 Å². The molecule has 100 valence electrons. The number of hydrogen-bond donors (Lipinski definition) is 0. The highest BCUT2D eigenvalue weighted by Gasteiger charge is 2.14. The van der Waals surface area contributed by atoms with Crippen LogP contribution in [-0.4, -0.2) is 49.3 Å². The van der Waals surface area contributed by atoms with E-state index in [4.69, 9.17) is 5.26 Å². The van der Waals surface area contributed by atoms with E-state index in [1.807, 2.05) is 30.3 Å². The number of aldehydes is 1. The van der Waals surface area contributed by atoms with Crippen molar-refractivity contribution in [1.29, 1.82) is 5.26 Å². The van der Waals surface area contributed by atoms with Crippen molar-refractivity contribution in [2.24, 2.45) is 0 Å². The zero-order valence-electron chi connectivity index (χ0n) is 11.2. The fourth-order valence-corrected chi connectivity index (χ4v) is 2.28. The zero-order valence-corrected chi connectivity index (χ0v) is 11.2. The molecule has 0 spiro atoms. The Kier molecular flexibility index (Phi) is 4.67. The number of rotatable bonds is 4. The molecule has 1 saturated heterocycles. The fraction of sp³-hybridized carbons (Fsp3) is 0.467. The molecule has 4 heteroatoms. The van der Waals surface area contributed by atoms with Gasteiger partial charge in [-0.15, -0.1) is 0 Å². The molecule has 0 aromatic heterocycles. The van der Waals surface area contributed by atoms with Crippen LogP contribution in [0.15, 0.2) is 24.3 Å². The van der Waals surface area contributed by atoms with Crippen LogP contribution in [0.5, 0.6) is 0 Å². The average Bonchev–Trinajstić information content (AvgIpc) is 2.44. The summed E-state index contributed by atoms with van der Waals surface area (Å²) in [6.07, 6.45) is 0.690. The number of nitrogens with zero attached hydrogens (tertiary/aromatic N) is 3. The monoisotopic (exact) mass is 257 g/mol. The highest BCUT2D eigenvalue weighted by atomic mass is 16.1. The van der Waals surface area contributed by atoms with Crippen molar-refractivity contribution in [1.82, 2.24) is 9.80 Å². The lowest BCUT2D eigenvalue weighted by atomic mass is 10.0. The van der Waals surface area contributed by atoms with E-state index in [0.717, 1.165) is 38.3 Å². The van der Waals surface area contributed by atoms with Gasteiger partial charge in [0, 0.05) is 32.7 Å². The lowest BCUT2D eigenvalue weighted by Crippen LogP contribution is -2.43. The maximum absolute atomic E-state index is 10.7. The molecule has 1 unspecified atom stereocenters. The first-order valence-electron chi connectivity index (χ1n) is 6.57. The van der Waals surface area contributed by atoms with E-state index in [-0.39, 0.29) is 0 Å². The highest BCUT2D eigenvalue weighted by Crippen LogP contribution is 2.15. The first-order chi connectivity index (χ1) is 9.22. The van der Waals surface area contributed by atoms with Crippen LogP contribution in [0.2, 0.25) is 0 Å². The summed E-state index contributed by atoms with van der Waals surface area (Å²) < 4.78 is 0. The summed E-state index contributed by atoms with van der Waals surface area (Å²) in [5, 5.41) is 8.84. The van der Waals surface area contributed by atoms with Crippen LogP contribution >= 0.6 is 0 Å². The molecule has 1 aromatic rings. The second-order valence-electron chi connectivity index (χ2n) is 5.06. The van der Waals surface area contributed by atoms with Gasteiger partial charge in [0.1, 0.15) is 12.2 Å². The first kappa shape index (κ1) is 13.7. The van der Waals surface area contributed by atoms with E-state index in [1.54, 1.807) is 0 Å². The number of likely N-dealkylation sites (N-methyl/N-ethyl adjacent to an activating group) is 1. The normalized spacial score (nSPS) is 18.7. The van der Waals surface area contributed by atoms with Gasteiger partial charge in [-0.2, -0.15) is 5.26 Å². The minimum Gasteiger partial charge on any atom is -0.304 e. The largest absolute Gasteiger partial charge is 0.304 e. The molecule has 0 N–H and O–H groups in total. The number of nitriles is 1. The standard InChI is InChI=1S/C15H19N3O/c1-17-6-8-18(9-7-17)11-13-2-4-14(5-3-13)15(10-16)12-19/h2-5,12,15H,6-9,11H2,1H3. The quantitative estimate of drug-likeness (QED) is 0.761. The van der Waals surface area contributed by atoms with Gasteiger partial charge in [0.25, 0.3) is 0 Å². The Morgan fingerprint density at radius 3 is 2.42 bits per heavy atom. The Bertz CT molecular complexity index is 455. The predicted molar refractivity (Wildman–Crippen MR) is 73.6 cm³/mol. The van der Waals surface area contributed by atoms with Gasteiger partial charge in [-0.1, -0.05) is 24.3 Å². The molecule has 0 aliphatic carbocycles. The number of benzene rings is 1. The van der Waals surface area contributed by atoms with Crippen molar-refractivity contribution < 1.29 is 4.79 Å². The summed E-state index contributed by atoms with van der Waals surface area (Å²) in [7, 11) is 2.15. The van der Waals surface area contributed by atoms with Crippen LogP contribution < -0.4 is 0 Å². The second-order valence-corrected chi connectivity index (χ2v) is 5.06. The lowest BCUT2D eigenvalue weighted by molar-refractivity contribution is -0.108. The van der Waals surface area contributed by atoms with Gasteiger partial charge in [0.15, 0.2) is 0 Å². The minimum absolute atomic E-state index is 0.641. The lowest BCUT2D eigenvalue weighted by Gasteiger charge is -2.32. The van der Waals surface area contributed by atoms with E-state index in [1.165, 1.54) is 5.56 Å². The smallest absolute Gasteiger partial charge is 0.141 e. The molecule has 1 fully saturated rings. The van der Waals surface area contributed by atoms with Crippen molar-refractivity contribution in [3.8, 4) is 6.07 Å². The van der Waals surface area contributed by atoms with Crippen LogP contribution in [-0.2, 0) is 11.3 Å². The van der Waals surface area contributed by atoms with Crippen LogP contribution in [0, 0.1) is 11.3 Å². The molecule has 4 nitrogen and oxygen atoms in total. The van der Waals surface area contributed by atoms with Crippen molar-refractivity contribution in [2.45, 2.75) is 12.5 Å². The molecule has 19 heavy (non-hydrogen) atoms. The molecular formula is C15H19N3O. The van der Waals surface area contributed by atoms with Crippen molar-refractivity contribution in [2.75, 3.05) is 33.2 Å². The van der Waals surface area contributed by atoms with Gasteiger partial charge < -0.3 is 9.69 Å². The van der Waals surface area contributed by atoms with Crippen LogP contribution in [0.3, 0.4) is 0 Å². The van der Waals surface area contributed by atoms with Crippen LogP contribution in [0.25, 0.3) is 0 Å². The van der Waals surface area contributed by atoms with Crippen molar-refractivity contribution in [3.63, 3.8) is 0 Å². The van der Waals surface area contributed by atoms with Gasteiger partial charge >= 0.3 is 0 Å². The molecule has 0 bridgehead atoms. The van der Waals surface area contributed by atoms with Gasteiger partial charge in [-0.05, 0) is 18.2 Å². The third kappa shape index (κ3) is 3.63. The van der Waals surface area contributed by atoms with Gasteiger partial charge in [0.05, 0.1) is 6.07 Å². The molecule has 1 atom stereocenters. The predicted octanol–water partition coefficient (Wildman–Crippen LogP) is 1.24. The Hall–Kier alpha value is -1.70. The Balaban J connectivity index is 1.95. The molecule has 2 rings (SSSR count). The SMILES string of the molecule is CN1CCN(Cc2ccc(C(C#N)C=O)cc2)CC1. The average molecular weight is 257 g/mol. The first-order valence-corrected chi connectivity index (χ1v) is 6.57. The maximum atomic E-state index is 10.7.